The Hall–Kier alpha value is -2.19. The van der Waals surface area contributed by atoms with Gasteiger partial charge < -0.3 is 29.6 Å². The minimum atomic E-state index is -0.501. The smallest absolute Gasteiger partial charge is 0.342 e. The minimum absolute atomic E-state index is 0.166. The zero-order valence-electron chi connectivity index (χ0n) is 16.6. The van der Waals surface area contributed by atoms with Crippen molar-refractivity contribution in [1.82, 2.24) is 4.90 Å². The number of benzene rings is 1. The number of carbonyl (C=O) groups is 2. The van der Waals surface area contributed by atoms with Gasteiger partial charge in [-0.1, -0.05) is 11.6 Å². The highest BCUT2D eigenvalue weighted by atomic mass is 35.5. The summed E-state index contributed by atoms with van der Waals surface area (Å²) < 4.78 is 21.6. The van der Waals surface area contributed by atoms with Gasteiger partial charge in [0, 0.05) is 6.54 Å². The van der Waals surface area contributed by atoms with Crippen molar-refractivity contribution in [1.29, 1.82) is 0 Å². The van der Waals surface area contributed by atoms with Crippen LogP contribution in [0.2, 0.25) is 5.02 Å². The second-order valence-electron chi connectivity index (χ2n) is 7.11. The van der Waals surface area contributed by atoms with Crippen molar-refractivity contribution in [2.75, 3.05) is 51.8 Å². The molecule has 160 valence electrons. The summed E-state index contributed by atoms with van der Waals surface area (Å²) in [7, 11) is 0. The number of piperidine rings is 1. The number of hydrogen-bond acceptors (Lipinski definition) is 8. The van der Waals surface area contributed by atoms with Gasteiger partial charge in [-0.15, -0.1) is 0 Å². The zero-order chi connectivity index (χ0) is 20.8. The van der Waals surface area contributed by atoms with Crippen LogP contribution in [-0.4, -0.2) is 62.9 Å². The molecule has 1 aromatic carbocycles. The molecular formula is C20H27ClN2O6. The van der Waals surface area contributed by atoms with E-state index in [-0.39, 0.29) is 33.9 Å². The molecule has 0 bridgehead atoms. The fourth-order valence-electron chi connectivity index (χ4n) is 3.48. The fraction of sp³-hybridized carbons (Fsp3) is 0.600. The average Bonchev–Trinajstić information content (AvgIpc) is 2.74. The van der Waals surface area contributed by atoms with Crippen molar-refractivity contribution < 1.29 is 28.5 Å². The maximum Gasteiger partial charge on any atom is 0.342 e. The van der Waals surface area contributed by atoms with E-state index >= 15 is 0 Å². The maximum absolute atomic E-state index is 12.6. The molecule has 29 heavy (non-hydrogen) atoms. The van der Waals surface area contributed by atoms with Crippen LogP contribution >= 0.6 is 11.6 Å². The van der Waals surface area contributed by atoms with Crippen molar-refractivity contribution >= 4 is 29.2 Å². The van der Waals surface area contributed by atoms with Crippen LogP contribution in [0, 0.1) is 5.92 Å². The summed E-state index contributed by atoms with van der Waals surface area (Å²) >= 11 is 6.12. The Bertz CT molecular complexity index is 749. The zero-order valence-corrected chi connectivity index (χ0v) is 17.3. The second kappa shape index (κ2) is 10.0. The number of anilines is 1. The van der Waals surface area contributed by atoms with Gasteiger partial charge in [-0.2, -0.15) is 0 Å². The molecule has 9 heteroatoms. The molecule has 1 saturated heterocycles. The minimum Gasteiger partial charge on any atom is -0.485 e. The lowest BCUT2D eigenvalue weighted by atomic mass is 9.97. The molecule has 0 atom stereocenters. The first-order valence-electron chi connectivity index (χ1n) is 9.92. The van der Waals surface area contributed by atoms with E-state index in [0.717, 1.165) is 25.9 Å². The molecule has 1 fully saturated rings. The second-order valence-corrected chi connectivity index (χ2v) is 7.52. The SMILES string of the molecule is CCOC(=O)CCN1CCC(COC(=O)c2cc(Cl)c(N)c3c2OCCO3)CC1. The number of likely N-dealkylation sites (tertiary alicyclic amines) is 1. The predicted octanol–water partition coefficient (Wildman–Crippen LogP) is 2.52. The van der Waals surface area contributed by atoms with Gasteiger partial charge in [0.25, 0.3) is 0 Å². The monoisotopic (exact) mass is 426 g/mol. The number of carbonyl (C=O) groups excluding carboxylic acids is 2. The average molecular weight is 427 g/mol. The van der Waals surface area contributed by atoms with Gasteiger partial charge >= 0.3 is 11.9 Å². The highest BCUT2D eigenvalue weighted by Crippen LogP contribution is 2.43. The lowest BCUT2D eigenvalue weighted by Crippen LogP contribution is -2.36. The molecule has 2 aliphatic heterocycles. The third-order valence-electron chi connectivity index (χ3n) is 5.11. The molecule has 0 unspecified atom stereocenters. The first kappa shape index (κ1) is 21.5. The number of nitrogens with two attached hydrogens (primary N) is 1. The van der Waals surface area contributed by atoms with Crippen LogP contribution in [0.15, 0.2) is 6.07 Å². The van der Waals surface area contributed by atoms with E-state index in [4.69, 9.17) is 36.3 Å². The predicted molar refractivity (Wildman–Crippen MR) is 108 cm³/mol. The lowest BCUT2D eigenvalue weighted by Gasteiger charge is -2.31. The molecule has 0 radical (unpaired) electrons. The molecule has 2 N–H and O–H groups in total. The van der Waals surface area contributed by atoms with Crippen LogP contribution < -0.4 is 15.2 Å². The molecule has 0 amide bonds. The van der Waals surface area contributed by atoms with Crippen LogP contribution in [0.25, 0.3) is 0 Å². The van der Waals surface area contributed by atoms with Gasteiger partial charge in [0.2, 0.25) is 0 Å². The Kier molecular flexibility index (Phi) is 7.44. The summed E-state index contributed by atoms with van der Waals surface area (Å²) in [4.78, 5) is 26.3. The van der Waals surface area contributed by atoms with E-state index in [1.165, 1.54) is 6.07 Å². The number of nitrogen functional groups attached to an aromatic ring is 1. The van der Waals surface area contributed by atoms with Crippen LogP contribution in [-0.2, 0) is 14.3 Å². The Labute approximate surface area is 175 Å². The molecule has 2 aliphatic rings. The van der Waals surface area contributed by atoms with Crippen molar-refractivity contribution in [2.24, 2.45) is 5.92 Å². The van der Waals surface area contributed by atoms with E-state index in [1.807, 2.05) is 0 Å². The summed E-state index contributed by atoms with van der Waals surface area (Å²) in [5.74, 6) is 0.191. The molecule has 8 nitrogen and oxygen atoms in total. The number of halogens is 1. The summed E-state index contributed by atoms with van der Waals surface area (Å²) in [5, 5.41) is 0.233. The standard InChI is InChI=1S/C20H27ClN2O6/c1-2-26-16(24)5-8-23-6-3-13(4-7-23)12-29-20(25)14-11-15(21)17(22)19-18(14)27-9-10-28-19/h11,13H,2-10,12,22H2,1H3. The normalized spacial score (nSPS) is 17.0. The van der Waals surface area contributed by atoms with Crippen LogP contribution in [0.4, 0.5) is 5.69 Å². The number of fused-ring (bicyclic) bond motifs is 1. The third kappa shape index (κ3) is 5.45. The Morgan fingerprint density at radius 3 is 2.59 bits per heavy atom. The van der Waals surface area contributed by atoms with E-state index in [9.17, 15) is 9.59 Å². The molecule has 0 saturated carbocycles. The fourth-order valence-corrected chi connectivity index (χ4v) is 3.67. The molecule has 3 rings (SSSR count). The summed E-state index contributed by atoms with van der Waals surface area (Å²) in [6.07, 6.45) is 2.20. The Morgan fingerprint density at radius 2 is 1.90 bits per heavy atom. The first-order valence-corrected chi connectivity index (χ1v) is 10.3. The molecule has 0 spiro atoms. The highest BCUT2D eigenvalue weighted by molar-refractivity contribution is 6.34. The molecule has 0 aromatic heterocycles. The number of rotatable bonds is 7. The van der Waals surface area contributed by atoms with Gasteiger partial charge in [-0.3, -0.25) is 4.79 Å². The number of ether oxygens (including phenoxy) is 4. The van der Waals surface area contributed by atoms with E-state index in [0.29, 0.717) is 45.1 Å². The van der Waals surface area contributed by atoms with Gasteiger partial charge in [0.1, 0.15) is 18.8 Å². The van der Waals surface area contributed by atoms with Crippen molar-refractivity contribution in [2.45, 2.75) is 26.2 Å². The van der Waals surface area contributed by atoms with Gasteiger partial charge in [-0.25, -0.2) is 4.79 Å². The Morgan fingerprint density at radius 1 is 1.21 bits per heavy atom. The topological polar surface area (TPSA) is 100 Å². The lowest BCUT2D eigenvalue weighted by molar-refractivity contribution is -0.143. The number of hydrogen-bond donors (Lipinski definition) is 1. The van der Waals surface area contributed by atoms with Gasteiger partial charge in [0.05, 0.1) is 30.3 Å². The van der Waals surface area contributed by atoms with Crippen LogP contribution in [0.5, 0.6) is 11.5 Å². The van der Waals surface area contributed by atoms with Gasteiger partial charge in [-0.05, 0) is 44.8 Å². The highest BCUT2D eigenvalue weighted by Gasteiger charge is 2.27. The molecule has 0 aliphatic carbocycles. The Balaban J connectivity index is 1.49. The molecule has 2 heterocycles. The number of esters is 2. The van der Waals surface area contributed by atoms with Crippen molar-refractivity contribution in [3.63, 3.8) is 0 Å². The van der Waals surface area contributed by atoms with E-state index in [2.05, 4.69) is 4.90 Å². The molecule has 1 aromatic rings. The van der Waals surface area contributed by atoms with E-state index in [1.54, 1.807) is 6.92 Å². The van der Waals surface area contributed by atoms with Gasteiger partial charge in [0.15, 0.2) is 11.5 Å². The van der Waals surface area contributed by atoms with E-state index < -0.39 is 5.97 Å². The van der Waals surface area contributed by atoms with Crippen LogP contribution in [0.1, 0.15) is 36.5 Å². The quantitative estimate of drug-likeness (QED) is 0.524. The molecular weight excluding hydrogens is 400 g/mol. The maximum atomic E-state index is 12.6. The summed E-state index contributed by atoms with van der Waals surface area (Å²) in [6, 6.07) is 1.46. The van der Waals surface area contributed by atoms with Crippen LogP contribution in [0.3, 0.4) is 0 Å². The van der Waals surface area contributed by atoms with Crippen molar-refractivity contribution in [3.05, 3.63) is 16.7 Å². The summed E-state index contributed by atoms with van der Waals surface area (Å²) in [6.45, 7) is 5.63. The van der Waals surface area contributed by atoms with Crippen molar-refractivity contribution in [3.8, 4) is 11.5 Å². The summed E-state index contributed by atoms with van der Waals surface area (Å²) in [5.41, 5.74) is 6.40. The third-order valence-corrected chi connectivity index (χ3v) is 5.43. The largest absolute Gasteiger partial charge is 0.485 e. The number of nitrogens with zero attached hydrogens (tertiary/aromatic N) is 1. The first-order chi connectivity index (χ1) is 14.0.